The van der Waals surface area contributed by atoms with Gasteiger partial charge < -0.3 is 8.98 Å². The summed E-state index contributed by atoms with van der Waals surface area (Å²) in [5.41, 5.74) is 18.3. The van der Waals surface area contributed by atoms with Crippen LogP contribution in [-0.4, -0.2) is 4.57 Å². The monoisotopic (exact) mass is 641 g/mol. The SMILES string of the molecule is C=CC(/C=C(/C1=Cc2c(n(-c3ccc4c(c3)C(C)(C)c3c-4ccc4oc5c(c34)C=CCC5)c3ccccc23)CC1)C(C)CC)=C(C)\C=C/C. The van der Waals surface area contributed by atoms with Gasteiger partial charge in [0.25, 0.3) is 0 Å². The minimum Gasteiger partial charge on any atom is -0.460 e. The van der Waals surface area contributed by atoms with Gasteiger partial charge in [-0.15, -0.1) is 0 Å². The molecule has 2 heteroatoms. The smallest absolute Gasteiger partial charge is 0.135 e. The molecule has 0 amide bonds. The maximum Gasteiger partial charge on any atom is 0.135 e. The molecule has 3 aliphatic rings. The molecule has 0 saturated carbocycles. The van der Waals surface area contributed by atoms with Crippen LogP contribution in [0.4, 0.5) is 0 Å². The number of fused-ring (bicyclic) bond motifs is 10. The van der Waals surface area contributed by atoms with E-state index < -0.39 is 0 Å². The Balaban J connectivity index is 1.28. The fourth-order valence-electron chi connectivity index (χ4n) is 8.84. The van der Waals surface area contributed by atoms with E-state index >= 15 is 0 Å². The topological polar surface area (TPSA) is 18.1 Å². The number of furan rings is 1. The second-order valence-corrected chi connectivity index (χ2v) is 14.7. The molecule has 1 unspecified atom stereocenters. The van der Waals surface area contributed by atoms with Gasteiger partial charge in [-0.25, -0.2) is 0 Å². The number of rotatable bonds is 7. The first-order valence-electron chi connectivity index (χ1n) is 18.2. The van der Waals surface area contributed by atoms with Gasteiger partial charge in [-0.1, -0.05) is 101 Å². The van der Waals surface area contributed by atoms with E-state index in [2.05, 4.69) is 144 Å². The number of aryl methyl sites for hydroxylation is 1. The van der Waals surface area contributed by atoms with Crippen LogP contribution in [0.2, 0.25) is 0 Å². The number of allylic oxidation sites excluding steroid dienone is 9. The summed E-state index contributed by atoms with van der Waals surface area (Å²) in [6.45, 7) is 17.9. The van der Waals surface area contributed by atoms with Gasteiger partial charge in [-0.3, -0.25) is 0 Å². The van der Waals surface area contributed by atoms with Gasteiger partial charge in [-0.2, -0.15) is 0 Å². The Morgan fingerprint density at radius 1 is 1.02 bits per heavy atom. The van der Waals surface area contributed by atoms with Crippen molar-refractivity contribution in [1.29, 1.82) is 0 Å². The van der Waals surface area contributed by atoms with Crippen molar-refractivity contribution >= 4 is 34.0 Å². The number of hydrogen-bond acceptors (Lipinski definition) is 1. The molecule has 49 heavy (non-hydrogen) atoms. The maximum atomic E-state index is 6.42. The largest absolute Gasteiger partial charge is 0.460 e. The van der Waals surface area contributed by atoms with Crippen molar-refractivity contribution in [2.75, 3.05) is 0 Å². The number of aromatic nitrogens is 1. The normalized spacial score (nSPS) is 17.5. The van der Waals surface area contributed by atoms with E-state index in [1.54, 1.807) is 0 Å². The first-order chi connectivity index (χ1) is 23.8. The third-order valence-corrected chi connectivity index (χ3v) is 11.5. The van der Waals surface area contributed by atoms with Crippen molar-refractivity contribution in [3.05, 3.63) is 148 Å². The van der Waals surface area contributed by atoms with E-state index in [9.17, 15) is 0 Å². The van der Waals surface area contributed by atoms with Crippen molar-refractivity contribution in [2.45, 2.75) is 79.1 Å². The summed E-state index contributed by atoms with van der Waals surface area (Å²) >= 11 is 0. The molecule has 8 rings (SSSR count). The fourth-order valence-corrected chi connectivity index (χ4v) is 8.84. The molecule has 0 aliphatic heterocycles. The summed E-state index contributed by atoms with van der Waals surface area (Å²) in [4.78, 5) is 0. The standard InChI is InChI=1S/C47H47NO/c1-8-15-30(5)31(10-3)26-38(29(4)9-2)32-20-24-42-39(27-32)35-16-11-13-18-41(35)48(42)33-21-22-34-36-23-25-44-45(37-17-12-14-19-43(37)49-44)46(36)47(6,7)40(34)28-33/h8,10-13,15-18,21-23,25-29H,3,9,14,19-20,24H2,1-2,4-7H3/b15-8-,31-30+,38-26+. The van der Waals surface area contributed by atoms with Crippen molar-refractivity contribution in [3.8, 4) is 16.8 Å². The second-order valence-electron chi connectivity index (χ2n) is 14.7. The van der Waals surface area contributed by atoms with Crippen molar-refractivity contribution in [2.24, 2.45) is 5.92 Å². The molecule has 3 aliphatic carbocycles. The quantitative estimate of drug-likeness (QED) is 0.162. The molecule has 3 aromatic carbocycles. The second kappa shape index (κ2) is 11.9. The molecule has 0 radical (unpaired) electrons. The van der Waals surface area contributed by atoms with Gasteiger partial charge >= 0.3 is 0 Å². The van der Waals surface area contributed by atoms with E-state index in [0.717, 1.165) is 43.4 Å². The molecule has 2 nitrogen and oxygen atoms in total. The van der Waals surface area contributed by atoms with Crippen LogP contribution in [0.5, 0.6) is 0 Å². The Hall–Kier alpha value is -4.82. The molecule has 0 fully saturated rings. The van der Waals surface area contributed by atoms with Gasteiger partial charge in [0, 0.05) is 45.1 Å². The van der Waals surface area contributed by atoms with Crippen molar-refractivity contribution < 1.29 is 4.42 Å². The van der Waals surface area contributed by atoms with Crippen LogP contribution in [0.1, 0.15) is 94.5 Å². The van der Waals surface area contributed by atoms with Crippen LogP contribution in [0.25, 0.3) is 50.8 Å². The highest BCUT2D eigenvalue weighted by atomic mass is 16.3. The third kappa shape index (κ3) is 4.83. The van der Waals surface area contributed by atoms with Crippen molar-refractivity contribution in [3.63, 3.8) is 0 Å². The molecule has 0 N–H and O–H groups in total. The van der Waals surface area contributed by atoms with Crippen LogP contribution in [0.3, 0.4) is 0 Å². The first kappa shape index (κ1) is 31.4. The molecule has 2 heterocycles. The molecule has 1 atom stereocenters. The van der Waals surface area contributed by atoms with Crippen LogP contribution in [0.15, 0.2) is 118 Å². The summed E-state index contributed by atoms with van der Waals surface area (Å²) in [7, 11) is 0. The number of hydrogen-bond donors (Lipinski definition) is 0. The Bertz CT molecular complexity index is 2340. The lowest BCUT2D eigenvalue weighted by Gasteiger charge is -2.25. The molecule has 5 aromatic rings. The molecular weight excluding hydrogens is 595 g/mol. The number of benzene rings is 3. The average Bonchev–Trinajstić information content (AvgIpc) is 3.73. The predicted molar refractivity (Wildman–Crippen MR) is 210 cm³/mol. The molecule has 0 saturated heterocycles. The van der Waals surface area contributed by atoms with Crippen molar-refractivity contribution in [1.82, 2.24) is 4.57 Å². The Labute approximate surface area is 291 Å². The van der Waals surface area contributed by atoms with Crippen LogP contribution in [-0.2, 0) is 18.3 Å². The number of para-hydroxylation sites is 1. The molecule has 0 bridgehead atoms. The molecule has 0 spiro atoms. The maximum absolute atomic E-state index is 6.42. The summed E-state index contributed by atoms with van der Waals surface area (Å²) in [6, 6.07) is 20.7. The third-order valence-electron chi connectivity index (χ3n) is 11.5. The van der Waals surface area contributed by atoms with E-state index in [0.29, 0.717) is 5.92 Å². The first-order valence-corrected chi connectivity index (χ1v) is 18.2. The predicted octanol–water partition coefficient (Wildman–Crippen LogP) is 13.0. The highest BCUT2D eigenvalue weighted by Gasteiger charge is 2.39. The summed E-state index contributed by atoms with van der Waals surface area (Å²) in [5.74, 6) is 1.59. The summed E-state index contributed by atoms with van der Waals surface area (Å²) < 4.78 is 8.97. The summed E-state index contributed by atoms with van der Waals surface area (Å²) in [6.07, 6.45) is 20.9. The lowest BCUT2D eigenvalue weighted by atomic mass is 9.79. The lowest BCUT2D eigenvalue weighted by Crippen LogP contribution is -2.16. The van der Waals surface area contributed by atoms with E-state index in [4.69, 9.17) is 4.42 Å². The van der Waals surface area contributed by atoms with Crippen LogP contribution >= 0.6 is 0 Å². The zero-order valence-corrected chi connectivity index (χ0v) is 29.9. The van der Waals surface area contributed by atoms with E-state index in [1.807, 2.05) is 6.08 Å². The Morgan fingerprint density at radius 2 is 1.84 bits per heavy atom. The van der Waals surface area contributed by atoms with E-state index in [1.165, 1.54) is 83.3 Å². The zero-order chi connectivity index (χ0) is 34.0. The van der Waals surface area contributed by atoms with Gasteiger partial charge in [0.05, 0.1) is 5.52 Å². The average molecular weight is 642 g/mol. The van der Waals surface area contributed by atoms with Gasteiger partial charge in [0.2, 0.25) is 0 Å². The highest BCUT2D eigenvalue weighted by molar-refractivity contribution is 6.01. The van der Waals surface area contributed by atoms with E-state index in [-0.39, 0.29) is 5.41 Å². The lowest BCUT2D eigenvalue weighted by molar-refractivity contribution is 0.546. The summed E-state index contributed by atoms with van der Waals surface area (Å²) in [5, 5.41) is 2.62. The van der Waals surface area contributed by atoms with Gasteiger partial charge in [-0.05, 0) is 120 Å². The fraction of sp³-hybridized carbons (Fsp3) is 0.277. The highest BCUT2D eigenvalue weighted by Crippen LogP contribution is 2.54. The van der Waals surface area contributed by atoms with Crippen LogP contribution < -0.4 is 0 Å². The molecule has 2 aromatic heterocycles. The van der Waals surface area contributed by atoms with Gasteiger partial charge in [0.1, 0.15) is 11.3 Å². The minimum atomic E-state index is -0.156. The zero-order valence-electron chi connectivity index (χ0n) is 29.9. The molecule has 246 valence electrons. The number of nitrogens with zero attached hydrogens (tertiary/aromatic N) is 1. The Kier molecular flexibility index (Phi) is 7.67. The Morgan fingerprint density at radius 3 is 2.63 bits per heavy atom. The minimum absolute atomic E-state index is 0.156. The van der Waals surface area contributed by atoms with Gasteiger partial charge in [0.15, 0.2) is 0 Å². The van der Waals surface area contributed by atoms with Crippen LogP contribution in [0, 0.1) is 5.92 Å². The molecular formula is C47H47NO.